The first-order valence-electron chi connectivity index (χ1n) is 10.8. The molecule has 2 aliphatic heterocycles. The average molecular weight is 408 g/mol. The molecular weight excluding hydrogens is 374 g/mol. The number of carbonyl (C=O) groups excluding carboxylic acids is 2. The minimum Gasteiger partial charge on any atom is -0.379 e. The lowest BCUT2D eigenvalue weighted by Crippen LogP contribution is -2.47. The minimum absolute atomic E-state index is 0.0643. The number of ether oxygens (including phenoxy) is 1. The quantitative estimate of drug-likeness (QED) is 0.602. The Kier molecular flexibility index (Phi) is 8.00. The van der Waals surface area contributed by atoms with E-state index in [-0.39, 0.29) is 17.7 Å². The number of amides is 2. The summed E-state index contributed by atoms with van der Waals surface area (Å²) in [5.74, 6) is 1.17. The molecule has 2 fully saturated rings. The fourth-order valence-corrected chi connectivity index (χ4v) is 3.91. The number of rotatable bonds is 9. The Bertz CT molecular complexity index is 674. The Labute approximate surface area is 172 Å². The fourth-order valence-electron chi connectivity index (χ4n) is 3.91. The molecule has 0 N–H and O–H groups in total. The molecule has 162 valence electrons. The molecule has 0 saturated carbocycles. The summed E-state index contributed by atoms with van der Waals surface area (Å²) in [5, 5.41) is 3.90. The first-order chi connectivity index (χ1) is 14.1. The van der Waals surface area contributed by atoms with Gasteiger partial charge in [-0.1, -0.05) is 12.1 Å². The summed E-state index contributed by atoms with van der Waals surface area (Å²) in [6.45, 7) is 10.4. The smallest absolute Gasteiger partial charge is 0.246 e. The molecule has 9 nitrogen and oxygen atoms in total. The number of aryl methyl sites for hydroxylation is 1. The lowest BCUT2D eigenvalue weighted by Gasteiger charge is -2.35. The Morgan fingerprint density at radius 3 is 2.72 bits per heavy atom. The summed E-state index contributed by atoms with van der Waals surface area (Å²) < 4.78 is 10.6. The monoisotopic (exact) mass is 407 g/mol. The van der Waals surface area contributed by atoms with Crippen LogP contribution >= 0.6 is 0 Å². The van der Waals surface area contributed by atoms with Crippen molar-refractivity contribution in [2.75, 3.05) is 52.5 Å². The van der Waals surface area contributed by atoms with Crippen molar-refractivity contribution >= 4 is 11.8 Å². The molecule has 0 bridgehead atoms. The molecule has 29 heavy (non-hydrogen) atoms. The van der Waals surface area contributed by atoms with Crippen molar-refractivity contribution in [3.63, 3.8) is 0 Å². The van der Waals surface area contributed by atoms with E-state index in [0.29, 0.717) is 57.2 Å². The number of piperidine rings is 1. The van der Waals surface area contributed by atoms with Crippen molar-refractivity contribution in [1.82, 2.24) is 24.8 Å². The second-order valence-electron chi connectivity index (χ2n) is 7.69. The van der Waals surface area contributed by atoms with Crippen LogP contribution in [0.5, 0.6) is 0 Å². The Hall–Kier alpha value is -2.00. The highest BCUT2D eigenvalue weighted by atomic mass is 16.5. The average Bonchev–Trinajstić information content (AvgIpc) is 3.21. The summed E-state index contributed by atoms with van der Waals surface area (Å²) >= 11 is 0. The van der Waals surface area contributed by atoms with Crippen molar-refractivity contribution in [2.24, 2.45) is 5.92 Å². The molecule has 1 atom stereocenters. The van der Waals surface area contributed by atoms with Crippen LogP contribution in [0.15, 0.2) is 4.52 Å². The van der Waals surface area contributed by atoms with Crippen molar-refractivity contribution in [3.8, 4) is 0 Å². The largest absolute Gasteiger partial charge is 0.379 e. The molecule has 2 aliphatic rings. The number of carbonyl (C=O) groups is 2. The summed E-state index contributed by atoms with van der Waals surface area (Å²) in [5.41, 5.74) is 0. The normalized spacial score (nSPS) is 20.8. The zero-order valence-electron chi connectivity index (χ0n) is 17.6. The van der Waals surface area contributed by atoms with Crippen LogP contribution in [0.25, 0.3) is 0 Å². The second-order valence-corrected chi connectivity index (χ2v) is 7.69. The number of aromatic nitrogens is 2. The van der Waals surface area contributed by atoms with Crippen LogP contribution in [-0.4, -0.2) is 89.1 Å². The summed E-state index contributed by atoms with van der Waals surface area (Å²) in [6.07, 6.45) is 2.67. The van der Waals surface area contributed by atoms with Gasteiger partial charge in [-0.25, -0.2) is 0 Å². The molecular formula is C20H33N5O4. The van der Waals surface area contributed by atoms with Crippen LogP contribution in [-0.2, 0) is 27.3 Å². The van der Waals surface area contributed by atoms with E-state index in [2.05, 4.69) is 15.0 Å². The van der Waals surface area contributed by atoms with Crippen molar-refractivity contribution < 1.29 is 18.8 Å². The Morgan fingerprint density at radius 2 is 2.03 bits per heavy atom. The van der Waals surface area contributed by atoms with Gasteiger partial charge in [-0.05, 0) is 19.8 Å². The van der Waals surface area contributed by atoms with E-state index < -0.39 is 0 Å². The van der Waals surface area contributed by atoms with Gasteiger partial charge in [0, 0.05) is 52.1 Å². The van der Waals surface area contributed by atoms with Crippen LogP contribution in [0.2, 0.25) is 0 Å². The molecule has 3 rings (SSSR count). The van der Waals surface area contributed by atoms with E-state index in [9.17, 15) is 9.59 Å². The lowest BCUT2D eigenvalue weighted by atomic mass is 9.95. The summed E-state index contributed by atoms with van der Waals surface area (Å²) in [4.78, 5) is 35.7. The van der Waals surface area contributed by atoms with Gasteiger partial charge in [0.05, 0.1) is 25.7 Å². The van der Waals surface area contributed by atoms with E-state index >= 15 is 0 Å². The van der Waals surface area contributed by atoms with E-state index in [4.69, 9.17) is 9.26 Å². The number of hydrogen-bond donors (Lipinski definition) is 0. The molecule has 3 heterocycles. The van der Waals surface area contributed by atoms with Gasteiger partial charge in [0.2, 0.25) is 17.7 Å². The third-order valence-electron chi connectivity index (χ3n) is 5.70. The first kappa shape index (κ1) is 21.7. The van der Waals surface area contributed by atoms with E-state index in [1.165, 1.54) is 0 Å². The van der Waals surface area contributed by atoms with Gasteiger partial charge >= 0.3 is 0 Å². The minimum atomic E-state index is -0.162. The maximum absolute atomic E-state index is 13.1. The highest BCUT2D eigenvalue weighted by Gasteiger charge is 2.32. The van der Waals surface area contributed by atoms with Crippen LogP contribution in [0.4, 0.5) is 0 Å². The molecule has 1 aromatic rings. The number of likely N-dealkylation sites (tertiary alicyclic amines) is 1. The van der Waals surface area contributed by atoms with Crippen LogP contribution in [0, 0.1) is 5.92 Å². The Morgan fingerprint density at radius 1 is 1.24 bits per heavy atom. The van der Waals surface area contributed by atoms with E-state index in [0.717, 1.165) is 39.3 Å². The molecule has 2 saturated heterocycles. The SMILES string of the molecule is CCc1noc(CN(CC)C(=O)[C@H]2CCC(=O)N(CCCN3CCOCC3)C2)n1. The first-order valence-corrected chi connectivity index (χ1v) is 10.8. The maximum atomic E-state index is 13.1. The van der Waals surface area contributed by atoms with E-state index in [1.807, 2.05) is 18.7 Å². The molecule has 2 amide bonds. The lowest BCUT2D eigenvalue weighted by molar-refractivity contribution is -0.143. The van der Waals surface area contributed by atoms with Crippen molar-refractivity contribution in [1.29, 1.82) is 0 Å². The van der Waals surface area contributed by atoms with Gasteiger partial charge in [-0.3, -0.25) is 14.5 Å². The molecule has 1 aromatic heterocycles. The standard InChI is InChI=1S/C20H33N5O4/c1-3-17-21-18(29-22-17)15-24(4-2)20(27)16-6-7-19(26)25(14-16)9-5-8-23-10-12-28-13-11-23/h16H,3-15H2,1-2H3/t16-/m0/s1. The fraction of sp³-hybridized carbons (Fsp3) is 0.800. The van der Waals surface area contributed by atoms with Crippen LogP contribution in [0.3, 0.4) is 0 Å². The zero-order valence-corrected chi connectivity index (χ0v) is 17.6. The molecule has 0 aromatic carbocycles. The highest BCUT2D eigenvalue weighted by molar-refractivity contribution is 5.83. The number of morpholine rings is 1. The third-order valence-corrected chi connectivity index (χ3v) is 5.70. The predicted octanol–water partition coefficient (Wildman–Crippen LogP) is 0.941. The Balaban J connectivity index is 1.50. The molecule has 0 spiro atoms. The topological polar surface area (TPSA) is 92.0 Å². The van der Waals surface area contributed by atoms with Crippen LogP contribution < -0.4 is 0 Å². The number of nitrogens with zero attached hydrogens (tertiary/aromatic N) is 5. The maximum Gasteiger partial charge on any atom is 0.246 e. The summed E-state index contributed by atoms with van der Waals surface area (Å²) in [7, 11) is 0. The molecule has 0 unspecified atom stereocenters. The number of hydrogen-bond acceptors (Lipinski definition) is 7. The van der Waals surface area contributed by atoms with Crippen LogP contribution in [0.1, 0.15) is 44.8 Å². The van der Waals surface area contributed by atoms with Gasteiger partial charge in [-0.15, -0.1) is 0 Å². The van der Waals surface area contributed by atoms with Crippen molar-refractivity contribution in [3.05, 3.63) is 11.7 Å². The van der Waals surface area contributed by atoms with Gasteiger partial charge in [0.15, 0.2) is 5.82 Å². The molecule has 9 heteroatoms. The predicted molar refractivity (Wildman–Crippen MR) is 106 cm³/mol. The molecule has 0 radical (unpaired) electrons. The summed E-state index contributed by atoms with van der Waals surface area (Å²) in [6, 6.07) is 0. The van der Waals surface area contributed by atoms with Gasteiger partial charge in [-0.2, -0.15) is 4.98 Å². The zero-order chi connectivity index (χ0) is 20.6. The second kappa shape index (κ2) is 10.7. The highest BCUT2D eigenvalue weighted by Crippen LogP contribution is 2.21. The van der Waals surface area contributed by atoms with Gasteiger partial charge < -0.3 is 19.1 Å². The van der Waals surface area contributed by atoms with Gasteiger partial charge in [0.25, 0.3) is 0 Å². The van der Waals surface area contributed by atoms with E-state index in [1.54, 1.807) is 4.90 Å². The third kappa shape index (κ3) is 5.99. The van der Waals surface area contributed by atoms with Crippen molar-refractivity contribution in [2.45, 2.75) is 46.1 Å². The van der Waals surface area contributed by atoms with Gasteiger partial charge in [0.1, 0.15) is 0 Å². The molecule has 0 aliphatic carbocycles.